The lowest BCUT2D eigenvalue weighted by atomic mass is 10.0. The molecule has 0 atom stereocenters. The Labute approximate surface area is 115 Å². The molecular formula is C13H15NO6. The lowest BCUT2D eigenvalue weighted by molar-refractivity contribution is 0.0555. The summed E-state index contributed by atoms with van der Waals surface area (Å²) in [6.45, 7) is 1.52. The number of carbonyl (C=O) groups excluding carboxylic acids is 2. The fourth-order valence-electron chi connectivity index (χ4n) is 1.64. The van der Waals surface area contributed by atoms with Crippen LogP contribution in [0.1, 0.15) is 33.2 Å². The normalized spacial score (nSPS) is 10.9. The van der Waals surface area contributed by atoms with E-state index >= 15 is 0 Å². The van der Waals surface area contributed by atoms with Crippen LogP contribution >= 0.6 is 0 Å². The summed E-state index contributed by atoms with van der Waals surface area (Å²) in [6, 6.07) is 2.69. The van der Waals surface area contributed by atoms with E-state index in [0.29, 0.717) is 5.56 Å². The molecule has 1 rings (SSSR count). The van der Waals surface area contributed by atoms with Crippen molar-refractivity contribution in [3.05, 3.63) is 28.8 Å². The topological polar surface area (TPSA) is 94.4 Å². The Morgan fingerprint density at radius 1 is 1.00 bits per heavy atom. The van der Waals surface area contributed by atoms with Crippen molar-refractivity contribution in [2.45, 2.75) is 6.92 Å². The van der Waals surface area contributed by atoms with Crippen LogP contribution in [-0.4, -0.2) is 44.2 Å². The Bertz CT molecular complexity index is 564. The molecule has 1 N–H and O–H groups in total. The molecule has 20 heavy (non-hydrogen) atoms. The summed E-state index contributed by atoms with van der Waals surface area (Å²) in [7, 11) is 3.78. The molecule has 108 valence electrons. The number of methoxy groups -OCH3 is 3. The van der Waals surface area contributed by atoms with Crippen LogP contribution in [0.4, 0.5) is 0 Å². The first kappa shape index (κ1) is 15.5. The predicted octanol–water partition coefficient (Wildman–Crippen LogP) is 1.47. The summed E-state index contributed by atoms with van der Waals surface area (Å²) in [6.07, 6.45) is 0. The molecule has 0 radical (unpaired) electrons. The van der Waals surface area contributed by atoms with Crippen molar-refractivity contribution in [2.24, 2.45) is 5.16 Å². The summed E-state index contributed by atoms with van der Waals surface area (Å²) in [5.41, 5.74) is 0.593. The summed E-state index contributed by atoms with van der Waals surface area (Å²) < 4.78 is 14.4. The lowest BCUT2D eigenvalue weighted by Crippen LogP contribution is -2.14. The summed E-state index contributed by atoms with van der Waals surface area (Å²) in [5, 5.41) is 11.9. The predicted molar refractivity (Wildman–Crippen MR) is 69.7 cm³/mol. The number of ether oxygens (including phenoxy) is 3. The highest BCUT2D eigenvalue weighted by Crippen LogP contribution is 2.26. The molecule has 0 fully saturated rings. The third-order valence-corrected chi connectivity index (χ3v) is 2.69. The molecule has 7 heteroatoms. The Morgan fingerprint density at radius 2 is 1.50 bits per heavy atom. The molecule has 7 nitrogen and oxygen atoms in total. The number of benzene rings is 1. The van der Waals surface area contributed by atoms with Gasteiger partial charge in [0.15, 0.2) is 0 Å². The Balaban J connectivity index is 3.61. The van der Waals surface area contributed by atoms with Crippen LogP contribution < -0.4 is 4.74 Å². The summed E-state index contributed by atoms with van der Waals surface area (Å²) in [5.74, 6) is -1.14. The van der Waals surface area contributed by atoms with Gasteiger partial charge in [-0.15, -0.1) is 0 Å². The van der Waals surface area contributed by atoms with Gasteiger partial charge in [0.25, 0.3) is 0 Å². The van der Waals surface area contributed by atoms with Gasteiger partial charge < -0.3 is 19.4 Å². The number of carbonyl (C=O) groups is 2. The van der Waals surface area contributed by atoms with Crippen LogP contribution in [0, 0.1) is 0 Å². The molecule has 0 amide bonds. The maximum Gasteiger partial charge on any atom is 0.338 e. The maximum atomic E-state index is 11.7. The maximum absolute atomic E-state index is 11.7. The van der Waals surface area contributed by atoms with Crippen LogP contribution in [0.5, 0.6) is 5.75 Å². The number of nitrogens with zero attached hydrogens (tertiary/aromatic N) is 1. The quantitative estimate of drug-likeness (QED) is 0.388. The Morgan fingerprint density at radius 3 is 1.90 bits per heavy atom. The van der Waals surface area contributed by atoms with Crippen LogP contribution in [0.2, 0.25) is 0 Å². The SMILES string of the molecule is COC(=O)c1cc(OC)c(/C(C)=N/O)cc1C(=O)OC. The van der Waals surface area contributed by atoms with Gasteiger partial charge in [-0.25, -0.2) is 9.59 Å². The molecule has 0 heterocycles. The molecule has 1 aromatic carbocycles. The Kier molecular flexibility index (Phi) is 5.08. The monoisotopic (exact) mass is 281 g/mol. The number of rotatable bonds is 4. The molecule has 0 aliphatic carbocycles. The molecule has 0 spiro atoms. The van der Waals surface area contributed by atoms with Crippen molar-refractivity contribution >= 4 is 17.7 Å². The van der Waals surface area contributed by atoms with Gasteiger partial charge >= 0.3 is 11.9 Å². The Hall–Kier alpha value is -2.57. The molecule has 1 aromatic rings. The van der Waals surface area contributed by atoms with E-state index in [-0.39, 0.29) is 22.6 Å². The highest BCUT2D eigenvalue weighted by Gasteiger charge is 2.23. The van der Waals surface area contributed by atoms with Crippen molar-refractivity contribution in [1.82, 2.24) is 0 Å². The summed E-state index contributed by atoms with van der Waals surface area (Å²) in [4.78, 5) is 23.5. The highest BCUT2D eigenvalue weighted by atomic mass is 16.5. The van der Waals surface area contributed by atoms with E-state index in [2.05, 4.69) is 14.6 Å². The molecule has 0 aliphatic heterocycles. The van der Waals surface area contributed by atoms with E-state index in [0.717, 1.165) is 0 Å². The van der Waals surface area contributed by atoms with E-state index in [1.54, 1.807) is 0 Å². The number of hydrogen-bond acceptors (Lipinski definition) is 7. The van der Waals surface area contributed by atoms with Gasteiger partial charge in [-0.05, 0) is 19.1 Å². The largest absolute Gasteiger partial charge is 0.496 e. The van der Waals surface area contributed by atoms with Crippen molar-refractivity contribution in [3.63, 3.8) is 0 Å². The highest BCUT2D eigenvalue weighted by molar-refractivity contribution is 6.08. The molecule has 0 unspecified atom stereocenters. The fourth-order valence-corrected chi connectivity index (χ4v) is 1.64. The second-order valence-electron chi connectivity index (χ2n) is 3.77. The fraction of sp³-hybridized carbons (Fsp3) is 0.308. The van der Waals surface area contributed by atoms with Crippen molar-refractivity contribution in [2.75, 3.05) is 21.3 Å². The first-order chi connectivity index (χ1) is 9.49. The number of esters is 2. The van der Waals surface area contributed by atoms with Crippen LogP contribution in [0.3, 0.4) is 0 Å². The minimum absolute atomic E-state index is 0.00171. The van der Waals surface area contributed by atoms with E-state index in [4.69, 9.17) is 9.94 Å². The van der Waals surface area contributed by atoms with E-state index < -0.39 is 11.9 Å². The van der Waals surface area contributed by atoms with Crippen molar-refractivity contribution < 1.29 is 29.0 Å². The molecule has 0 saturated heterocycles. The van der Waals surface area contributed by atoms with Gasteiger partial charge in [-0.2, -0.15) is 0 Å². The molecule has 0 bridgehead atoms. The van der Waals surface area contributed by atoms with Crippen molar-refractivity contribution in [3.8, 4) is 5.75 Å². The minimum atomic E-state index is -0.708. The first-order valence-electron chi connectivity index (χ1n) is 5.57. The minimum Gasteiger partial charge on any atom is -0.496 e. The zero-order valence-electron chi connectivity index (χ0n) is 11.6. The van der Waals surface area contributed by atoms with Gasteiger partial charge in [0.2, 0.25) is 0 Å². The number of hydrogen-bond donors (Lipinski definition) is 1. The zero-order chi connectivity index (χ0) is 15.3. The third kappa shape index (κ3) is 2.87. The second kappa shape index (κ2) is 6.55. The van der Waals surface area contributed by atoms with E-state index in [1.807, 2.05) is 0 Å². The average molecular weight is 281 g/mol. The zero-order valence-corrected chi connectivity index (χ0v) is 11.6. The number of oxime groups is 1. The summed E-state index contributed by atoms with van der Waals surface area (Å²) >= 11 is 0. The first-order valence-corrected chi connectivity index (χ1v) is 5.57. The molecule has 0 saturated carbocycles. The van der Waals surface area contributed by atoms with Gasteiger partial charge in [0.05, 0.1) is 38.2 Å². The smallest absolute Gasteiger partial charge is 0.338 e. The second-order valence-corrected chi connectivity index (χ2v) is 3.77. The molecular weight excluding hydrogens is 266 g/mol. The third-order valence-electron chi connectivity index (χ3n) is 2.69. The molecule has 0 aliphatic rings. The van der Waals surface area contributed by atoms with E-state index in [9.17, 15) is 9.59 Å². The average Bonchev–Trinajstić information content (AvgIpc) is 2.50. The van der Waals surface area contributed by atoms with E-state index in [1.165, 1.54) is 40.4 Å². The van der Waals surface area contributed by atoms with Crippen molar-refractivity contribution in [1.29, 1.82) is 0 Å². The van der Waals surface area contributed by atoms with Crippen LogP contribution in [0.15, 0.2) is 17.3 Å². The standard InChI is InChI=1S/C13H15NO6/c1-7(14-17)8-5-9(12(15)19-3)10(13(16)20-4)6-11(8)18-2/h5-6,17H,1-4H3/b14-7+. The lowest BCUT2D eigenvalue weighted by Gasteiger charge is -2.12. The van der Waals surface area contributed by atoms with Gasteiger partial charge in [-0.3, -0.25) is 0 Å². The van der Waals surface area contributed by atoms with Crippen LogP contribution in [-0.2, 0) is 9.47 Å². The molecule has 0 aromatic heterocycles. The van der Waals surface area contributed by atoms with Gasteiger partial charge in [-0.1, -0.05) is 5.16 Å². The van der Waals surface area contributed by atoms with Gasteiger partial charge in [0, 0.05) is 5.56 Å². The van der Waals surface area contributed by atoms with Gasteiger partial charge in [0.1, 0.15) is 5.75 Å². The van der Waals surface area contributed by atoms with Crippen LogP contribution in [0.25, 0.3) is 0 Å².